The third kappa shape index (κ3) is 65.2. The molecule has 0 saturated heterocycles. The Morgan fingerprint density at radius 3 is 0.950 bits per heavy atom. The Kier molecular flexibility index (Phi) is 67.9. The van der Waals surface area contributed by atoms with Gasteiger partial charge in [-0.05, 0) is 64.2 Å². The molecular weight excluding hydrogens is 983 g/mol. The third-order valence-electron chi connectivity index (χ3n) is 16.9. The van der Waals surface area contributed by atoms with Gasteiger partial charge in [-0.3, -0.25) is 9.59 Å². The summed E-state index contributed by atoms with van der Waals surface area (Å²) in [4.78, 5) is 24.6. The van der Waals surface area contributed by atoms with E-state index in [1.807, 2.05) is 6.08 Å². The average molecular weight is 1120 g/mol. The van der Waals surface area contributed by atoms with Crippen molar-refractivity contribution in [2.45, 2.75) is 411 Å². The Morgan fingerprint density at radius 1 is 0.350 bits per heavy atom. The molecule has 0 radical (unpaired) electrons. The molecule has 0 aromatic rings. The van der Waals surface area contributed by atoms with Crippen LogP contribution >= 0.6 is 0 Å². The minimum atomic E-state index is -0.848. The van der Waals surface area contributed by atoms with Crippen LogP contribution in [0, 0.1) is 0 Å². The first kappa shape index (κ1) is 78.1. The normalized spacial score (nSPS) is 12.7. The van der Waals surface area contributed by atoms with Crippen LogP contribution in [0.4, 0.5) is 0 Å². The van der Waals surface area contributed by atoms with Gasteiger partial charge in [-0.1, -0.05) is 359 Å². The zero-order valence-electron chi connectivity index (χ0n) is 54.1. The lowest BCUT2D eigenvalue weighted by molar-refractivity contribution is -0.143. The maximum atomic E-state index is 12.5. The Hall–Kier alpha value is -1.92. The summed E-state index contributed by atoms with van der Waals surface area (Å²) in [7, 11) is 0. The first-order valence-corrected chi connectivity index (χ1v) is 36.3. The molecule has 0 aliphatic carbocycles. The molecule has 0 fully saturated rings. The number of hydrogen-bond donors (Lipinski definition) is 3. The van der Waals surface area contributed by atoms with Gasteiger partial charge in [0.1, 0.15) is 0 Å². The zero-order chi connectivity index (χ0) is 57.8. The lowest BCUT2D eigenvalue weighted by atomic mass is 10.0. The Morgan fingerprint density at radius 2 is 0.625 bits per heavy atom. The Bertz CT molecular complexity index is 1300. The number of allylic oxidation sites excluding steroid dienone is 5. The number of amides is 1. The summed E-state index contributed by atoms with van der Waals surface area (Å²) in [6.07, 6.45) is 89.4. The summed E-state index contributed by atoms with van der Waals surface area (Å²) in [5, 5.41) is 23.3. The molecule has 3 N–H and O–H groups in total. The number of carbonyl (C=O) groups excluding carboxylic acids is 2. The van der Waals surface area contributed by atoms with Crippen molar-refractivity contribution in [2.75, 3.05) is 13.2 Å². The van der Waals surface area contributed by atoms with E-state index in [1.165, 1.54) is 327 Å². The molecule has 6 nitrogen and oxygen atoms in total. The van der Waals surface area contributed by atoms with Crippen LogP contribution in [0.15, 0.2) is 36.5 Å². The number of ether oxygens (including phenoxy) is 1. The van der Waals surface area contributed by atoms with Crippen LogP contribution < -0.4 is 5.32 Å². The van der Waals surface area contributed by atoms with Crippen LogP contribution in [-0.4, -0.2) is 47.4 Å². The van der Waals surface area contributed by atoms with Gasteiger partial charge in [0.15, 0.2) is 0 Å². The van der Waals surface area contributed by atoms with E-state index < -0.39 is 12.1 Å². The van der Waals surface area contributed by atoms with Gasteiger partial charge in [0.25, 0.3) is 0 Å². The number of nitrogens with one attached hydrogen (secondary N) is 1. The fraction of sp³-hybridized carbons (Fsp3) is 0.892. The summed E-state index contributed by atoms with van der Waals surface area (Å²) in [6, 6.07) is -0.632. The van der Waals surface area contributed by atoms with Crippen molar-refractivity contribution in [3.63, 3.8) is 0 Å². The predicted octanol–water partition coefficient (Wildman–Crippen LogP) is 23.5. The molecule has 0 aromatic heterocycles. The summed E-state index contributed by atoms with van der Waals surface area (Å²) in [6.45, 7) is 4.94. The van der Waals surface area contributed by atoms with Crippen LogP contribution in [0.25, 0.3) is 0 Å². The number of aliphatic hydroxyl groups excluding tert-OH is 2. The lowest BCUT2D eigenvalue weighted by Gasteiger charge is -2.20. The van der Waals surface area contributed by atoms with Crippen molar-refractivity contribution in [1.29, 1.82) is 0 Å². The van der Waals surface area contributed by atoms with Gasteiger partial charge in [0.2, 0.25) is 5.91 Å². The van der Waals surface area contributed by atoms with Gasteiger partial charge in [-0.2, -0.15) is 0 Å². The van der Waals surface area contributed by atoms with Crippen molar-refractivity contribution in [2.24, 2.45) is 0 Å². The van der Waals surface area contributed by atoms with Crippen LogP contribution in [0.5, 0.6) is 0 Å². The molecule has 1 amide bonds. The molecule has 0 aliphatic heterocycles. The van der Waals surface area contributed by atoms with E-state index in [0.29, 0.717) is 19.4 Å². The highest BCUT2D eigenvalue weighted by Gasteiger charge is 2.18. The SMILES string of the molecule is CCCCCCCCCCCCCCCCCCCCCCC/C=C/C(O)C(CO)NC(=O)CCCCCCCCCCCCC/C=C\C/C=C\CCCCCCCCCCCOC(=O)CCCCCCCCCCCCCCC. The molecule has 0 saturated carbocycles. The van der Waals surface area contributed by atoms with Gasteiger partial charge in [-0.15, -0.1) is 0 Å². The standard InChI is InChI=1S/C74H141NO5/c1-3-5-7-9-11-13-15-17-18-19-20-21-27-30-33-36-39-43-46-50-54-58-62-66-72(77)71(70-76)75-73(78)67-63-59-55-51-47-44-40-37-34-31-28-25-23-22-24-26-29-32-35-38-41-45-49-53-57-61-65-69-80-74(79)68-64-60-56-52-48-42-16-14-12-10-8-6-4-2/h22-23,26,29,62,66,71-72,76-77H,3-21,24-25,27-28,30-61,63-65,67-70H2,1-2H3,(H,75,78)/b23-22-,29-26-,66-62+. The highest BCUT2D eigenvalue weighted by atomic mass is 16.5. The minimum absolute atomic E-state index is 0.0123. The molecule has 0 rings (SSSR count). The molecule has 0 bridgehead atoms. The molecular formula is C74H141NO5. The number of unbranched alkanes of at least 4 members (excludes halogenated alkanes) is 53. The largest absolute Gasteiger partial charge is 0.466 e. The first-order chi connectivity index (χ1) is 39.5. The predicted molar refractivity (Wildman–Crippen MR) is 352 cm³/mol. The van der Waals surface area contributed by atoms with Gasteiger partial charge in [0.05, 0.1) is 25.4 Å². The number of esters is 1. The van der Waals surface area contributed by atoms with Crippen molar-refractivity contribution in [3.05, 3.63) is 36.5 Å². The van der Waals surface area contributed by atoms with Crippen LogP contribution in [-0.2, 0) is 14.3 Å². The molecule has 0 heterocycles. The molecule has 472 valence electrons. The minimum Gasteiger partial charge on any atom is -0.466 e. The van der Waals surface area contributed by atoms with Gasteiger partial charge >= 0.3 is 5.97 Å². The van der Waals surface area contributed by atoms with Crippen LogP contribution in [0.3, 0.4) is 0 Å². The van der Waals surface area contributed by atoms with Gasteiger partial charge in [-0.25, -0.2) is 0 Å². The summed E-state index contributed by atoms with van der Waals surface area (Å²) < 4.78 is 5.48. The maximum absolute atomic E-state index is 12.5. The summed E-state index contributed by atoms with van der Waals surface area (Å²) in [5.41, 5.74) is 0. The monoisotopic (exact) mass is 1120 g/mol. The topological polar surface area (TPSA) is 95.9 Å². The number of aliphatic hydroxyl groups is 2. The fourth-order valence-electron chi connectivity index (χ4n) is 11.4. The molecule has 2 atom stereocenters. The number of carbonyl (C=O) groups is 2. The third-order valence-corrected chi connectivity index (χ3v) is 16.9. The second-order valence-corrected chi connectivity index (χ2v) is 24.9. The zero-order valence-corrected chi connectivity index (χ0v) is 54.1. The molecule has 0 aliphatic rings. The summed E-state index contributed by atoms with van der Waals surface area (Å²) in [5.74, 6) is -0.0548. The van der Waals surface area contributed by atoms with Gasteiger partial charge in [0, 0.05) is 12.8 Å². The maximum Gasteiger partial charge on any atom is 0.305 e. The Labute approximate surface area is 500 Å². The molecule has 6 heteroatoms. The van der Waals surface area contributed by atoms with E-state index in [1.54, 1.807) is 6.08 Å². The van der Waals surface area contributed by atoms with Crippen LogP contribution in [0.2, 0.25) is 0 Å². The van der Waals surface area contributed by atoms with Gasteiger partial charge < -0.3 is 20.3 Å². The van der Waals surface area contributed by atoms with Crippen molar-refractivity contribution < 1.29 is 24.5 Å². The summed E-state index contributed by atoms with van der Waals surface area (Å²) >= 11 is 0. The van der Waals surface area contributed by atoms with Crippen molar-refractivity contribution in [3.8, 4) is 0 Å². The lowest BCUT2D eigenvalue weighted by Crippen LogP contribution is -2.45. The van der Waals surface area contributed by atoms with E-state index in [-0.39, 0.29) is 18.5 Å². The van der Waals surface area contributed by atoms with E-state index in [2.05, 4.69) is 43.5 Å². The average Bonchev–Trinajstić information content (AvgIpc) is 3.46. The Balaban J connectivity index is 3.44. The van der Waals surface area contributed by atoms with Crippen LogP contribution in [0.1, 0.15) is 399 Å². The smallest absolute Gasteiger partial charge is 0.305 e. The van der Waals surface area contributed by atoms with E-state index >= 15 is 0 Å². The highest BCUT2D eigenvalue weighted by molar-refractivity contribution is 5.76. The highest BCUT2D eigenvalue weighted by Crippen LogP contribution is 2.19. The molecule has 0 aromatic carbocycles. The molecule has 80 heavy (non-hydrogen) atoms. The van der Waals surface area contributed by atoms with E-state index in [0.717, 1.165) is 44.9 Å². The first-order valence-electron chi connectivity index (χ1n) is 36.3. The number of rotatable bonds is 68. The quantitative estimate of drug-likeness (QED) is 0.0320. The van der Waals surface area contributed by atoms with E-state index in [4.69, 9.17) is 4.74 Å². The van der Waals surface area contributed by atoms with E-state index in [9.17, 15) is 19.8 Å². The molecule has 2 unspecified atom stereocenters. The van der Waals surface area contributed by atoms with Crippen molar-refractivity contribution >= 4 is 11.9 Å². The number of hydrogen-bond acceptors (Lipinski definition) is 5. The fourth-order valence-corrected chi connectivity index (χ4v) is 11.4. The second kappa shape index (κ2) is 69.6. The second-order valence-electron chi connectivity index (χ2n) is 24.9. The molecule has 0 spiro atoms. The van der Waals surface area contributed by atoms with Crippen molar-refractivity contribution in [1.82, 2.24) is 5.32 Å².